The van der Waals surface area contributed by atoms with E-state index in [2.05, 4.69) is 9.97 Å². The molecule has 0 unspecified atom stereocenters. The molecule has 0 aliphatic heterocycles. The van der Waals surface area contributed by atoms with E-state index in [4.69, 9.17) is 11.6 Å². The quantitative estimate of drug-likeness (QED) is 0.780. The van der Waals surface area contributed by atoms with Crippen LogP contribution >= 0.6 is 11.6 Å². The van der Waals surface area contributed by atoms with Gasteiger partial charge in [0.05, 0.1) is 16.6 Å². The number of halogens is 1. The smallest absolute Gasteiger partial charge is 0.290 e. The molecule has 0 saturated carbocycles. The van der Waals surface area contributed by atoms with Crippen molar-refractivity contribution in [1.29, 1.82) is 0 Å². The summed E-state index contributed by atoms with van der Waals surface area (Å²) in [5, 5.41) is 0.514. The first-order chi connectivity index (χ1) is 9.16. The van der Waals surface area contributed by atoms with Gasteiger partial charge >= 0.3 is 5.69 Å². The number of H-pyrrole nitrogens is 1. The highest BCUT2D eigenvalue weighted by molar-refractivity contribution is 6.31. The van der Waals surface area contributed by atoms with Gasteiger partial charge in [-0.3, -0.25) is 9.55 Å². The maximum Gasteiger partial charge on any atom is 0.328 e. The van der Waals surface area contributed by atoms with Crippen LogP contribution in [0.25, 0.3) is 11.2 Å². The number of nitrogens with zero attached hydrogens (tertiary/aromatic N) is 2. The van der Waals surface area contributed by atoms with Crippen LogP contribution in [-0.4, -0.2) is 14.5 Å². The lowest BCUT2D eigenvalue weighted by molar-refractivity contribution is 0.635. The second-order valence-electron chi connectivity index (χ2n) is 4.41. The van der Waals surface area contributed by atoms with Crippen LogP contribution in [0.5, 0.6) is 0 Å². The third kappa shape index (κ3) is 2.04. The molecule has 1 atom stereocenters. The van der Waals surface area contributed by atoms with Gasteiger partial charge in [0, 0.05) is 6.20 Å². The molecule has 1 aromatic carbocycles. The first-order valence-electron chi connectivity index (χ1n) is 5.97. The Hall–Kier alpha value is -2.07. The molecule has 0 radical (unpaired) electrons. The number of fused-ring (bicyclic) bond motifs is 1. The van der Waals surface area contributed by atoms with E-state index in [9.17, 15) is 4.79 Å². The van der Waals surface area contributed by atoms with Crippen molar-refractivity contribution in [3.63, 3.8) is 0 Å². The Morgan fingerprint density at radius 2 is 2.05 bits per heavy atom. The van der Waals surface area contributed by atoms with Gasteiger partial charge in [-0.2, -0.15) is 0 Å². The van der Waals surface area contributed by atoms with Crippen LogP contribution < -0.4 is 5.69 Å². The molecule has 0 spiro atoms. The maximum absolute atomic E-state index is 12.1. The standard InChI is InChI=1S/C14H12ClN3O/c1-9(10-5-3-2-4-6-10)18-12-7-11(15)8-16-13(12)17-14(18)19/h2-9H,1H3,(H,16,17,19)/t9-/m1/s1. The van der Waals surface area contributed by atoms with E-state index < -0.39 is 0 Å². The summed E-state index contributed by atoms with van der Waals surface area (Å²) in [5.74, 6) is 0. The summed E-state index contributed by atoms with van der Waals surface area (Å²) in [4.78, 5) is 19.0. The molecule has 0 saturated heterocycles. The molecule has 19 heavy (non-hydrogen) atoms. The van der Waals surface area contributed by atoms with Crippen molar-refractivity contribution in [2.45, 2.75) is 13.0 Å². The fraction of sp³-hybridized carbons (Fsp3) is 0.143. The van der Waals surface area contributed by atoms with Crippen LogP contribution in [-0.2, 0) is 0 Å². The van der Waals surface area contributed by atoms with Crippen molar-refractivity contribution in [2.75, 3.05) is 0 Å². The van der Waals surface area contributed by atoms with Crippen molar-refractivity contribution in [3.05, 3.63) is 63.7 Å². The van der Waals surface area contributed by atoms with Gasteiger partial charge in [0.1, 0.15) is 0 Å². The summed E-state index contributed by atoms with van der Waals surface area (Å²) >= 11 is 5.96. The highest BCUT2D eigenvalue weighted by atomic mass is 35.5. The summed E-state index contributed by atoms with van der Waals surface area (Å²) in [5.41, 5.74) is 2.15. The number of pyridine rings is 1. The SMILES string of the molecule is C[C@H](c1ccccc1)n1c(=O)[nH]c2ncc(Cl)cc21. The summed E-state index contributed by atoms with van der Waals surface area (Å²) in [6.45, 7) is 1.98. The van der Waals surface area contributed by atoms with Gasteiger partial charge in [-0.15, -0.1) is 0 Å². The molecule has 1 N–H and O–H groups in total. The van der Waals surface area contributed by atoms with Crippen molar-refractivity contribution < 1.29 is 0 Å². The minimum absolute atomic E-state index is 0.0808. The second kappa shape index (κ2) is 4.55. The lowest BCUT2D eigenvalue weighted by atomic mass is 10.1. The summed E-state index contributed by atoms with van der Waals surface area (Å²) in [6.07, 6.45) is 1.53. The molecule has 2 aromatic heterocycles. The molecule has 96 valence electrons. The first-order valence-corrected chi connectivity index (χ1v) is 6.35. The van der Waals surface area contributed by atoms with Crippen molar-refractivity contribution in [3.8, 4) is 0 Å². The van der Waals surface area contributed by atoms with Gasteiger partial charge in [0.15, 0.2) is 5.65 Å². The molecule has 3 rings (SSSR count). The van der Waals surface area contributed by atoms with Crippen LogP contribution in [0.1, 0.15) is 18.5 Å². The topological polar surface area (TPSA) is 50.7 Å². The fourth-order valence-corrected chi connectivity index (χ4v) is 2.40. The molecule has 0 amide bonds. The highest BCUT2D eigenvalue weighted by Crippen LogP contribution is 2.21. The molecular formula is C14H12ClN3O. The van der Waals surface area contributed by atoms with Crippen LogP contribution in [0.3, 0.4) is 0 Å². The molecule has 0 aliphatic rings. The summed E-state index contributed by atoms with van der Waals surface area (Å²) in [6, 6.07) is 11.5. The maximum atomic E-state index is 12.1. The number of nitrogens with one attached hydrogen (secondary N) is 1. The minimum atomic E-state index is -0.180. The average Bonchev–Trinajstić information content (AvgIpc) is 2.74. The number of aromatic nitrogens is 3. The van der Waals surface area contributed by atoms with Crippen LogP contribution in [0.2, 0.25) is 5.02 Å². The zero-order chi connectivity index (χ0) is 13.4. The van der Waals surface area contributed by atoms with Crippen molar-refractivity contribution >= 4 is 22.8 Å². The average molecular weight is 274 g/mol. The lowest BCUT2D eigenvalue weighted by Gasteiger charge is -2.13. The molecule has 0 aliphatic carbocycles. The number of hydrogen-bond acceptors (Lipinski definition) is 2. The largest absolute Gasteiger partial charge is 0.328 e. The van der Waals surface area contributed by atoms with E-state index in [1.54, 1.807) is 10.6 Å². The normalized spacial score (nSPS) is 12.7. The predicted molar refractivity (Wildman–Crippen MR) is 75.6 cm³/mol. The number of hydrogen-bond donors (Lipinski definition) is 1. The van der Waals surface area contributed by atoms with Crippen molar-refractivity contribution in [2.24, 2.45) is 0 Å². The Morgan fingerprint density at radius 3 is 2.79 bits per heavy atom. The van der Waals surface area contributed by atoms with Crippen LogP contribution in [0.4, 0.5) is 0 Å². The number of rotatable bonds is 2. The Labute approximate surface area is 114 Å². The van der Waals surface area contributed by atoms with E-state index in [0.29, 0.717) is 16.2 Å². The lowest BCUT2D eigenvalue weighted by Crippen LogP contribution is -2.21. The molecule has 3 aromatic rings. The van der Waals surface area contributed by atoms with Crippen LogP contribution in [0.15, 0.2) is 47.4 Å². The van der Waals surface area contributed by atoms with E-state index in [1.807, 2.05) is 37.3 Å². The Kier molecular flexibility index (Phi) is 2.87. The third-order valence-electron chi connectivity index (χ3n) is 3.21. The Balaban J connectivity index is 2.22. The van der Waals surface area contributed by atoms with Gasteiger partial charge in [0.25, 0.3) is 0 Å². The van der Waals surface area contributed by atoms with Gasteiger partial charge in [-0.05, 0) is 18.6 Å². The molecule has 0 fully saturated rings. The minimum Gasteiger partial charge on any atom is -0.290 e. The number of benzene rings is 1. The Bertz CT molecular complexity index is 776. The van der Waals surface area contributed by atoms with E-state index in [0.717, 1.165) is 5.56 Å². The monoisotopic (exact) mass is 273 g/mol. The summed E-state index contributed by atoms with van der Waals surface area (Å²) in [7, 11) is 0. The third-order valence-corrected chi connectivity index (χ3v) is 3.41. The van der Waals surface area contributed by atoms with Gasteiger partial charge < -0.3 is 0 Å². The molecular weight excluding hydrogens is 262 g/mol. The van der Waals surface area contributed by atoms with E-state index >= 15 is 0 Å². The molecule has 4 nitrogen and oxygen atoms in total. The first kappa shape index (κ1) is 12.0. The van der Waals surface area contributed by atoms with Gasteiger partial charge in [-0.1, -0.05) is 41.9 Å². The number of aromatic amines is 1. The fourth-order valence-electron chi connectivity index (χ4n) is 2.24. The van der Waals surface area contributed by atoms with Gasteiger partial charge in [0.2, 0.25) is 0 Å². The number of imidazole rings is 1. The molecule has 2 heterocycles. The van der Waals surface area contributed by atoms with Crippen LogP contribution in [0, 0.1) is 0 Å². The molecule has 5 heteroatoms. The van der Waals surface area contributed by atoms with Crippen molar-refractivity contribution in [1.82, 2.24) is 14.5 Å². The summed E-state index contributed by atoms with van der Waals surface area (Å²) < 4.78 is 1.67. The highest BCUT2D eigenvalue weighted by Gasteiger charge is 2.15. The molecule has 0 bridgehead atoms. The Morgan fingerprint density at radius 1 is 1.32 bits per heavy atom. The zero-order valence-electron chi connectivity index (χ0n) is 10.3. The van der Waals surface area contributed by atoms with E-state index in [-0.39, 0.29) is 11.7 Å². The van der Waals surface area contributed by atoms with Gasteiger partial charge in [-0.25, -0.2) is 9.78 Å². The predicted octanol–water partition coefficient (Wildman–Crippen LogP) is 2.99. The zero-order valence-corrected chi connectivity index (χ0v) is 11.1. The second-order valence-corrected chi connectivity index (χ2v) is 4.84. The van der Waals surface area contributed by atoms with E-state index in [1.165, 1.54) is 6.20 Å².